The van der Waals surface area contributed by atoms with E-state index < -0.39 is 0 Å². The summed E-state index contributed by atoms with van der Waals surface area (Å²) in [5, 5.41) is 9.66. The quantitative estimate of drug-likeness (QED) is 0.793. The van der Waals surface area contributed by atoms with Crippen molar-refractivity contribution < 1.29 is 9.84 Å². The van der Waals surface area contributed by atoms with Gasteiger partial charge in [0.2, 0.25) is 0 Å². The van der Waals surface area contributed by atoms with E-state index in [2.05, 4.69) is 0 Å². The van der Waals surface area contributed by atoms with Gasteiger partial charge in [0.1, 0.15) is 0 Å². The zero-order chi connectivity index (χ0) is 15.2. The highest BCUT2D eigenvalue weighted by Crippen LogP contribution is 2.47. The Morgan fingerprint density at radius 3 is 1.76 bits per heavy atom. The van der Waals surface area contributed by atoms with Crippen molar-refractivity contribution in [2.45, 2.75) is 90.3 Å². The maximum Gasteiger partial charge on any atom is 0.0574 e. The largest absolute Gasteiger partial charge is 0.393 e. The number of hydrogen-bond acceptors (Lipinski definition) is 2. The van der Waals surface area contributed by atoms with Crippen LogP contribution in [-0.2, 0) is 4.74 Å². The van der Waals surface area contributed by atoms with E-state index in [0.29, 0.717) is 6.10 Å². The Labute approximate surface area is 131 Å². The lowest BCUT2D eigenvalue weighted by Gasteiger charge is -2.44. The molecule has 3 aliphatic rings. The fourth-order valence-electron chi connectivity index (χ4n) is 5.10. The standard InChI is InChI=1S/C17H30O2.C2H6/c1-19-17-9-6-14-10-13(2-3-15(14)11-17)12-4-7-16(18)8-5-12;1-2/h12-18H,2-11H2,1H3;1-2H3. The second kappa shape index (κ2) is 8.53. The van der Waals surface area contributed by atoms with Crippen molar-refractivity contribution in [3.8, 4) is 0 Å². The van der Waals surface area contributed by atoms with Crippen LogP contribution in [0, 0.1) is 23.7 Å². The number of aliphatic hydroxyl groups is 1. The van der Waals surface area contributed by atoms with Crippen LogP contribution in [-0.4, -0.2) is 24.4 Å². The van der Waals surface area contributed by atoms with Crippen molar-refractivity contribution in [2.75, 3.05) is 7.11 Å². The molecule has 0 aliphatic heterocycles. The van der Waals surface area contributed by atoms with E-state index in [9.17, 15) is 5.11 Å². The third-order valence-electron chi connectivity index (χ3n) is 6.35. The van der Waals surface area contributed by atoms with Crippen LogP contribution in [0.4, 0.5) is 0 Å². The van der Waals surface area contributed by atoms with Crippen LogP contribution >= 0.6 is 0 Å². The van der Waals surface area contributed by atoms with Gasteiger partial charge in [0.15, 0.2) is 0 Å². The van der Waals surface area contributed by atoms with E-state index in [4.69, 9.17) is 4.74 Å². The van der Waals surface area contributed by atoms with E-state index in [1.165, 1.54) is 51.4 Å². The normalized spacial score (nSPS) is 43.4. The molecule has 0 radical (unpaired) electrons. The van der Waals surface area contributed by atoms with Gasteiger partial charge in [0, 0.05) is 7.11 Å². The number of rotatable bonds is 2. The summed E-state index contributed by atoms with van der Waals surface area (Å²) in [7, 11) is 1.88. The molecule has 0 spiro atoms. The highest BCUT2D eigenvalue weighted by Gasteiger charge is 2.38. The van der Waals surface area contributed by atoms with Gasteiger partial charge in [-0.2, -0.15) is 0 Å². The van der Waals surface area contributed by atoms with Crippen molar-refractivity contribution in [3.63, 3.8) is 0 Å². The minimum Gasteiger partial charge on any atom is -0.393 e. The molecule has 2 nitrogen and oxygen atoms in total. The molecule has 4 atom stereocenters. The predicted octanol–water partition coefficient (Wildman–Crippen LogP) is 4.80. The second-order valence-corrected chi connectivity index (χ2v) is 7.33. The number of hydrogen-bond donors (Lipinski definition) is 1. The molecule has 3 fully saturated rings. The van der Waals surface area contributed by atoms with Crippen LogP contribution in [0.5, 0.6) is 0 Å². The third-order valence-corrected chi connectivity index (χ3v) is 6.35. The summed E-state index contributed by atoms with van der Waals surface area (Å²) < 4.78 is 5.57. The van der Waals surface area contributed by atoms with Gasteiger partial charge in [-0.15, -0.1) is 0 Å². The molecule has 3 rings (SSSR count). The highest BCUT2D eigenvalue weighted by molar-refractivity contribution is 4.89. The molecule has 0 aromatic heterocycles. The monoisotopic (exact) mass is 296 g/mol. The zero-order valence-corrected chi connectivity index (χ0v) is 14.4. The van der Waals surface area contributed by atoms with Crippen molar-refractivity contribution in [1.82, 2.24) is 0 Å². The van der Waals surface area contributed by atoms with Crippen LogP contribution in [0.15, 0.2) is 0 Å². The Bertz CT molecular complexity index is 283. The average molecular weight is 296 g/mol. The number of ether oxygens (including phenoxy) is 1. The van der Waals surface area contributed by atoms with Gasteiger partial charge in [-0.1, -0.05) is 13.8 Å². The Balaban J connectivity index is 0.000000774. The lowest BCUT2D eigenvalue weighted by molar-refractivity contribution is -0.00670. The topological polar surface area (TPSA) is 29.5 Å². The highest BCUT2D eigenvalue weighted by atomic mass is 16.5. The molecule has 0 amide bonds. The molecule has 4 unspecified atom stereocenters. The average Bonchev–Trinajstić information content (AvgIpc) is 2.56. The van der Waals surface area contributed by atoms with Gasteiger partial charge in [-0.25, -0.2) is 0 Å². The minimum atomic E-state index is 0.00438. The third kappa shape index (κ3) is 4.45. The van der Waals surface area contributed by atoms with Gasteiger partial charge in [0.25, 0.3) is 0 Å². The van der Waals surface area contributed by atoms with Crippen LogP contribution in [0.2, 0.25) is 0 Å². The van der Waals surface area contributed by atoms with E-state index in [1.54, 1.807) is 0 Å². The van der Waals surface area contributed by atoms with E-state index >= 15 is 0 Å². The zero-order valence-electron chi connectivity index (χ0n) is 14.4. The first-order chi connectivity index (χ1) is 10.3. The number of fused-ring (bicyclic) bond motifs is 1. The fraction of sp³-hybridized carbons (Fsp3) is 1.00. The first kappa shape index (κ1) is 17.3. The molecule has 21 heavy (non-hydrogen) atoms. The van der Waals surface area contributed by atoms with Gasteiger partial charge >= 0.3 is 0 Å². The molecule has 0 bridgehead atoms. The van der Waals surface area contributed by atoms with Crippen LogP contribution in [0.3, 0.4) is 0 Å². The summed E-state index contributed by atoms with van der Waals surface area (Å²) in [6, 6.07) is 0. The Morgan fingerprint density at radius 2 is 1.14 bits per heavy atom. The minimum absolute atomic E-state index is 0.00438. The second-order valence-electron chi connectivity index (χ2n) is 7.33. The lowest BCUT2D eigenvalue weighted by atomic mass is 9.62. The van der Waals surface area contributed by atoms with E-state index in [1.807, 2.05) is 21.0 Å². The Kier molecular flexibility index (Phi) is 7.01. The molecular weight excluding hydrogens is 260 g/mol. The van der Waals surface area contributed by atoms with Gasteiger partial charge in [-0.3, -0.25) is 0 Å². The number of methoxy groups -OCH3 is 1. The SMILES string of the molecule is CC.COC1CCC2CC(C3CCC(O)CC3)CCC2C1. The maximum absolute atomic E-state index is 9.66. The lowest BCUT2D eigenvalue weighted by Crippen LogP contribution is -2.36. The molecule has 0 heterocycles. The maximum atomic E-state index is 9.66. The van der Waals surface area contributed by atoms with Crippen LogP contribution in [0.25, 0.3) is 0 Å². The molecule has 0 aromatic carbocycles. The Hall–Kier alpha value is -0.0800. The predicted molar refractivity (Wildman–Crippen MR) is 88.3 cm³/mol. The molecular formula is C19H36O2. The first-order valence-corrected chi connectivity index (χ1v) is 9.47. The fourth-order valence-corrected chi connectivity index (χ4v) is 5.10. The molecule has 1 N–H and O–H groups in total. The number of aliphatic hydroxyl groups excluding tert-OH is 1. The summed E-state index contributed by atoms with van der Waals surface area (Å²) >= 11 is 0. The molecule has 0 saturated heterocycles. The smallest absolute Gasteiger partial charge is 0.0574 e. The van der Waals surface area contributed by atoms with Gasteiger partial charge in [-0.05, 0) is 87.9 Å². The van der Waals surface area contributed by atoms with Crippen LogP contribution < -0.4 is 0 Å². The summed E-state index contributed by atoms with van der Waals surface area (Å²) in [6.45, 7) is 4.00. The van der Waals surface area contributed by atoms with Crippen molar-refractivity contribution in [3.05, 3.63) is 0 Å². The molecule has 3 aliphatic carbocycles. The van der Waals surface area contributed by atoms with E-state index in [-0.39, 0.29) is 6.10 Å². The van der Waals surface area contributed by atoms with Gasteiger partial charge in [0.05, 0.1) is 12.2 Å². The molecule has 2 heteroatoms. The van der Waals surface area contributed by atoms with Gasteiger partial charge < -0.3 is 9.84 Å². The molecule has 0 aromatic rings. The van der Waals surface area contributed by atoms with Crippen LogP contribution in [0.1, 0.15) is 78.1 Å². The molecule has 124 valence electrons. The Morgan fingerprint density at radius 1 is 0.667 bits per heavy atom. The summed E-state index contributed by atoms with van der Waals surface area (Å²) in [4.78, 5) is 0. The first-order valence-electron chi connectivity index (χ1n) is 9.47. The van der Waals surface area contributed by atoms with Crippen molar-refractivity contribution in [1.29, 1.82) is 0 Å². The summed E-state index contributed by atoms with van der Waals surface area (Å²) in [6.07, 6.45) is 13.6. The molecule has 3 saturated carbocycles. The summed E-state index contributed by atoms with van der Waals surface area (Å²) in [5.74, 6) is 3.82. The summed E-state index contributed by atoms with van der Waals surface area (Å²) in [5.41, 5.74) is 0. The van der Waals surface area contributed by atoms with Crippen molar-refractivity contribution in [2.24, 2.45) is 23.7 Å². The van der Waals surface area contributed by atoms with E-state index in [0.717, 1.165) is 36.5 Å². The van der Waals surface area contributed by atoms with Crippen molar-refractivity contribution >= 4 is 0 Å².